The Labute approximate surface area is 79.1 Å². The Hall–Kier alpha value is -0.900. The minimum Gasteiger partial charge on any atom is -0.355 e. The topological polar surface area (TPSA) is 58.2 Å². The molecule has 0 rings (SSSR count). The van der Waals surface area contributed by atoms with Gasteiger partial charge in [-0.05, 0) is 13.5 Å². The molecule has 0 aromatic carbocycles. The van der Waals surface area contributed by atoms with Crippen LogP contribution in [0.1, 0.15) is 26.7 Å². The molecule has 0 aliphatic heterocycles. The van der Waals surface area contributed by atoms with Crippen molar-refractivity contribution in [1.82, 2.24) is 10.6 Å². The fourth-order valence-electron chi connectivity index (χ4n) is 0.845. The molecule has 0 unspecified atom stereocenters. The normalized spacial score (nSPS) is 9.69. The van der Waals surface area contributed by atoms with E-state index in [0.717, 1.165) is 13.1 Å². The van der Waals surface area contributed by atoms with Crippen molar-refractivity contribution >= 4 is 11.7 Å². The highest BCUT2D eigenvalue weighted by molar-refractivity contribution is 5.83. The van der Waals surface area contributed by atoms with Gasteiger partial charge in [0.2, 0.25) is 5.91 Å². The van der Waals surface area contributed by atoms with Crippen LogP contribution in [0.4, 0.5) is 0 Å². The van der Waals surface area contributed by atoms with Crippen molar-refractivity contribution in [2.24, 2.45) is 0 Å². The average Bonchev–Trinajstić information content (AvgIpc) is 2.09. The maximum atomic E-state index is 11.0. The van der Waals surface area contributed by atoms with Crippen LogP contribution >= 0.6 is 0 Å². The fraction of sp³-hybridized carbons (Fsp3) is 0.778. The van der Waals surface area contributed by atoms with E-state index in [1.807, 2.05) is 6.92 Å². The molecule has 0 aliphatic carbocycles. The Morgan fingerprint density at radius 1 is 1.15 bits per heavy atom. The third kappa shape index (κ3) is 9.01. The van der Waals surface area contributed by atoms with Crippen LogP contribution in [0.15, 0.2) is 0 Å². The lowest BCUT2D eigenvalue weighted by atomic mass is 10.2. The number of rotatable bonds is 7. The van der Waals surface area contributed by atoms with Crippen molar-refractivity contribution in [3.63, 3.8) is 0 Å². The van der Waals surface area contributed by atoms with Crippen molar-refractivity contribution in [2.45, 2.75) is 26.7 Å². The summed E-state index contributed by atoms with van der Waals surface area (Å²) in [6, 6.07) is 0. The number of hydrogen-bond donors (Lipinski definition) is 2. The average molecular weight is 186 g/mol. The summed E-state index contributed by atoms with van der Waals surface area (Å²) in [6.07, 6.45) is 0.647. The molecule has 0 saturated heterocycles. The molecule has 0 spiro atoms. The van der Waals surface area contributed by atoms with E-state index >= 15 is 0 Å². The van der Waals surface area contributed by atoms with Crippen LogP contribution in [0.3, 0.4) is 0 Å². The second-order valence-corrected chi connectivity index (χ2v) is 2.91. The maximum absolute atomic E-state index is 11.0. The van der Waals surface area contributed by atoms with Crippen LogP contribution in [0.25, 0.3) is 0 Å². The molecule has 1 amide bonds. The Morgan fingerprint density at radius 3 is 2.38 bits per heavy atom. The van der Waals surface area contributed by atoms with E-state index in [4.69, 9.17) is 0 Å². The van der Waals surface area contributed by atoms with Crippen LogP contribution in [-0.2, 0) is 9.59 Å². The zero-order chi connectivity index (χ0) is 10.1. The van der Waals surface area contributed by atoms with Gasteiger partial charge in [0.15, 0.2) is 0 Å². The maximum Gasteiger partial charge on any atom is 0.220 e. The molecule has 13 heavy (non-hydrogen) atoms. The van der Waals surface area contributed by atoms with Crippen LogP contribution in [0.5, 0.6) is 0 Å². The van der Waals surface area contributed by atoms with Crippen LogP contribution in [-0.4, -0.2) is 31.3 Å². The molecule has 4 heteroatoms. The Kier molecular flexibility index (Phi) is 7.20. The second kappa shape index (κ2) is 7.73. The molecule has 0 aliphatic rings. The molecule has 0 aromatic rings. The van der Waals surface area contributed by atoms with E-state index in [0.29, 0.717) is 19.4 Å². The predicted octanol–water partition coefficient (Wildman–Crippen LogP) is 0.0813. The molecular weight excluding hydrogens is 168 g/mol. The predicted molar refractivity (Wildman–Crippen MR) is 51.5 cm³/mol. The van der Waals surface area contributed by atoms with Gasteiger partial charge < -0.3 is 15.4 Å². The fourth-order valence-corrected chi connectivity index (χ4v) is 0.845. The number of ketones is 1. The van der Waals surface area contributed by atoms with Gasteiger partial charge in [-0.3, -0.25) is 4.79 Å². The number of hydrogen-bond acceptors (Lipinski definition) is 3. The number of nitrogens with one attached hydrogen (secondary N) is 2. The molecule has 0 saturated carbocycles. The summed E-state index contributed by atoms with van der Waals surface area (Å²) in [5.74, 6) is 0.00920. The van der Waals surface area contributed by atoms with Crippen LogP contribution in [0.2, 0.25) is 0 Å². The Morgan fingerprint density at radius 2 is 1.85 bits per heavy atom. The molecule has 0 radical (unpaired) electrons. The summed E-state index contributed by atoms with van der Waals surface area (Å²) in [7, 11) is 0. The molecule has 0 heterocycles. The largest absolute Gasteiger partial charge is 0.355 e. The summed E-state index contributed by atoms with van der Waals surface area (Å²) >= 11 is 0. The lowest BCUT2D eigenvalue weighted by Gasteiger charge is -2.04. The van der Waals surface area contributed by atoms with E-state index in [1.54, 1.807) is 0 Å². The van der Waals surface area contributed by atoms with Gasteiger partial charge in [-0.25, -0.2) is 0 Å². The third-order valence-corrected chi connectivity index (χ3v) is 1.58. The van der Waals surface area contributed by atoms with E-state index in [1.165, 1.54) is 6.92 Å². The molecule has 0 fully saturated rings. The second-order valence-electron chi connectivity index (χ2n) is 2.91. The first kappa shape index (κ1) is 12.1. The van der Waals surface area contributed by atoms with Crippen LogP contribution < -0.4 is 10.6 Å². The highest BCUT2D eigenvalue weighted by Gasteiger charge is 2.01. The van der Waals surface area contributed by atoms with Gasteiger partial charge in [0.1, 0.15) is 5.78 Å². The number of likely N-dealkylation sites (N-methyl/N-ethyl adjacent to an activating group) is 1. The number of carbonyl (C=O) groups excluding carboxylic acids is 2. The van der Waals surface area contributed by atoms with Gasteiger partial charge in [-0.2, -0.15) is 0 Å². The number of carbonyl (C=O) groups is 2. The first-order chi connectivity index (χ1) is 6.16. The lowest BCUT2D eigenvalue weighted by Crippen LogP contribution is -2.31. The van der Waals surface area contributed by atoms with Gasteiger partial charge in [0.05, 0.1) is 0 Å². The smallest absolute Gasteiger partial charge is 0.220 e. The number of Topliss-reactive ketones (excluding diaryl/α,β-unsaturated/α-hetero) is 1. The monoisotopic (exact) mass is 186 g/mol. The van der Waals surface area contributed by atoms with Gasteiger partial charge in [0.25, 0.3) is 0 Å². The minimum atomic E-state index is -0.0481. The summed E-state index contributed by atoms with van der Waals surface area (Å²) in [5.41, 5.74) is 0. The summed E-state index contributed by atoms with van der Waals surface area (Å²) < 4.78 is 0. The van der Waals surface area contributed by atoms with Crippen molar-refractivity contribution in [3.8, 4) is 0 Å². The summed E-state index contributed by atoms with van der Waals surface area (Å²) in [5, 5.41) is 5.81. The molecule has 76 valence electrons. The van der Waals surface area contributed by atoms with Crippen LogP contribution in [0, 0.1) is 0 Å². The molecule has 0 atom stereocenters. The zero-order valence-electron chi connectivity index (χ0n) is 8.35. The number of amides is 1. The SMILES string of the molecule is CCNCCNC(=O)CCC(C)=O. The Balaban J connectivity index is 3.25. The lowest BCUT2D eigenvalue weighted by molar-refractivity contribution is -0.124. The van der Waals surface area contributed by atoms with Crippen molar-refractivity contribution in [3.05, 3.63) is 0 Å². The molecule has 4 nitrogen and oxygen atoms in total. The van der Waals surface area contributed by atoms with Gasteiger partial charge in [-0.15, -0.1) is 0 Å². The molecule has 2 N–H and O–H groups in total. The summed E-state index contributed by atoms with van der Waals surface area (Å²) in [4.78, 5) is 21.6. The van der Waals surface area contributed by atoms with Gasteiger partial charge >= 0.3 is 0 Å². The highest BCUT2D eigenvalue weighted by Crippen LogP contribution is 1.88. The quantitative estimate of drug-likeness (QED) is 0.554. The highest BCUT2D eigenvalue weighted by atomic mass is 16.2. The van der Waals surface area contributed by atoms with E-state index in [2.05, 4.69) is 10.6 Å². The third-order valence-electron chi connectivity index (χ3n) is 1.58. The first-order valence-electron chi connectivity index (χ1n) is 4.63. The van der Waals surface area contributed by atoms with Gasteiger partial charge in [-0.1, -0.05) is 6.92 Å². The Bertz CT molecular complexity index is 169. The molecule has 0 bridgehead atoms. The van der Waals surface area contributed by atoms with Crippen molar-refractivity contribution in [2.75, 3.05) is 19.6 Å². The first-order valence-corrected chi connectivity index (χ1v) is 4.63. The zero-order valence-corrected chi connectivity index (χ0v) is 8.35. The van der Waals surface area contributed by atoms with Crippen molar-refractivity contribution < 1.29 is 9.59 Å². The minimum absolute atomic E-state index is 0.0481. The summed E-state index contributed by atoms with van der Waals surface area (Å²) in [6.45, 7) is 5.82. The van der Waals surface area contributed by atoms with Crippen molar-refractivity contribution in [1.29, 1.82) is 0 Å². The molecular formula is C9H18N2O2. The van der Waals surface area contributed by atoms with E-state index in [-0.39, 0.29) is 11.7 Å². The van der Waals surface area contributed by atoms with Gasteiger partial charge in [0, 0.05) is 25.9 Å². The van der Waals surface area contributed by atoms with E-state index in [9.17, 15) is 9.59 Å². The van der Waals surface area contributed by atoms with E-state index < -0.39 is 0 Å². The standard InChI is InChI=1S/C9H18N2O2/c1-3-10-6-7-11-9(13)5-4-8(2)12/h10H,3-7H2,1-2H3,(H,11,13). The molecule has 0 aromatic heterocycles.